The number of nitrogens with one attached hydrogen (secondary N) is 2. The number of carbonyl (C=O) groups is 1. The van der Waals surface area contributed by atoms with Gasteiger partial charge in [0.05, 0.1) is 22.9 Å². The number of quaternary nitrogens is 1. The molecule has 0 bridgehead atoms. The van der Waals surface area contributed by atoms with E-state index in [-0.39, 0.29) is 18.0 Å². The van der Waals surface area contributed by atoms with Gasteiger partial charge in [-0.3, -0.25) is 0 Å². The van der Waals surface area contributed by atoms with Gasteiger partial charge in [0, 0.05) is 41.8 Å². The molecule has 0 saturated carbocycles. The SMILES string of the molecule is CCOC(=O)c1c(C)n(CCCNc2ccc([NH+]([O-])O)cc2Cl)c2ccc(O)cc12. The van der Waals surface area contributed by atoms with Crippen molar-refractivity contribution in [3.63, 3.8) is 0 Å². The third kappa shape index (κ3) is 4.52. The highest BCUT2D eigenvalue weighted by molar-refractivity contribution is 6.33. The quantitative estimate of drug-likeness (QED) is 0.246. The van der Waals surface area contributed by atoms with Gasteiger partial charge in [0.15, 0.2) is 5.69 Å². The van der Waals surface area contributed by atoms with E-state index in [4.69, 9.17) is 21.5 Å². The van der Waals surface area contributed by atoms with Crippen molar-refractivity contribution in [2.75, 3.05) is 18.5 Å². The molecule has 1 unspecified atom stereocenters. The summed E-state index contributed by atoms with van der Waals surface area (Å²) in [5, 5.41) is 33.1. The van der Waals surface area contributed by atoms with Crippen molar-refractivity contribution in [2.24, 2.45) is 0 Å². The molecule has 0 saturated heterocycles. The van der Waals surface area contributed by atoms with Crippen molar-refractivity contribution in [3.05, 3.63) is 57.9 Å². The molecule has 0 spiro atoms. The summed E-state index contributed by atoms with van der Waals surface area (Å²) < 4.78 is 7.22. The first-order chi connectivity index (χ1) is 14.3. The smallest absolute Gasteiger partial charge is 0.340 e. The molecule has 3 rings (SSSR count). The van der Waals surface area contributed by atoms with Gasteiger partial charge in [-0.2, -0.15) is 5.23 Å². The molecule has 4 N–H and O–H groups in total. The molecular formula is C21H24ClN3O5. The summed E-state index contributed by atoms with van der Waals surface area (Å²) in [4.78, 5) is 12.4. The fourth-order valence-corrected chi connectivity index (χ4v) is 3.72. The van der Waals surface area contributed by atoms with E-state index in [9.17, 15) is 15.1 Å². The number of halogens is 1. The molecule has 160 valence electrons. The lowest BCUT2D eigenvalue weighted by atomic mass is 10.1. The summed E-state index contributed by atoms with van der Waals surface area (Å²) in [7, 11) is 0. The summed E-state index contributed by atoms with van der Waals surface area (Å²) in [5.41, 5.74) is 2.88. The van der Waals surface area contributed by atoms with Gasteiger partial charge in [-0.05, 0) is 44.5 Å². The van der Waals surface area contributed by atoms with Crippen LogP contribution in [0, 0.1) is 12.1 Å². The summed E-state index contributed by atoms with van der Waals surface area (Å²) in [6.45, 7) is 5.11. The molecule has 0 aliphatic rings. The Morgan fingerprint density at radius 2 is 2.07 bits per heavy atom. The monoisotopic (exact) mass is 433 g/mol. The van der Waals surface area contributed by atoms with Crippen molar-refractivity contribution < 1.29 is 25.1 Å². The number of fused-ring (bicyclic) bond motifs is 1. The summed E-state index contributed by atoms with van der Waals surface area (Å²) >= 11 is 6.15. The molecule has 0 amide bonds. The molecule has 0 fully saturated rings. The number of anilines is 1. The number of nitrogens with zero attached hydrogens (tertiary/aromatic N) is 1. The molecular weight excluding hydrogens is 410 g/mol. The van der Waals surface area contributed by atoms with Crippen molar-refractivity contribution in [1.29, 1.82) is 0 Å². The first kappa shape index (κ1) is 21.9. The van der Waals surface area contributed by atoms with Crippen LogP contribution in [0.3, 0.4) is 0 Å². The Hall–Kier alpha value is -2.78. The highest BCUT2D eigenvalue weighted by atomic mass is 35.5. The third-order valence-electron chi connectivity index (χ3n) is 4.88. The predicted octanol–water partition coefficient (Wildman–Crippen LogP) is 3.39. The van der Waals surface area contributed by atoms with Crippen LogP contribution in [0.15, 0.2) is 36.4 Å². The van der Waals surface area contributed by atoms with Gasteiger partial charge in [-0.1, -0.05) is 11.6 Å². The molecule has 0 aliphatic heterocycles. The molecule has 9 heteroatoms. The van der Waals surface area contributed by atoms with E-state index in [1.54, 1.807) is 31.2 Å². The van der Waals surface area contributed by atoms with Crippen LogP contribution in [0.4, 0.5) is 11.4 Å². The van der Waals surface area contributed by atoms with Crippen LogP contribution in [0.25, 0.3) is 10.9 Å². The number of ether oxygens (including phenoxy) is 1. The Kier molecular flexibility index (Phi) is 6.84. The molecule has 2 aromatic carbocycles. The number of aromatic nitrogens is 1. The van der Waals surface area contributed by atoms with Gasteiger partial charge in [-0.25, -0.2) is 10.0 Å². The summed E-state index contributed by atoms with van der Waals surface area (Å²) in [6, 6.07) is 9.51. The first-order valence-corrected chi connectivity index (χ1v) is 9.97. The van der Waals surface area contributed by atoms with Gasteiger partial charge >= 0.3 is 5.97 Å². The van der Waals surface area contributed by atoms with Gasteiger partial charge in [0.2, 0.25) is 0 Å². The number of aryl methyl sites for hydroxylation is 1. The van der Waals surface area contributed by atoms with Gasteiger partial charge in [0.25, 0.3) is 0 Å². The van der Waals surface area contributed by atoms with E-state index in [1.807, 2.05) is 11.5 Å². The van der Waals surface area contributed by atoms with Crippen LogP contribution in [-0.2, 0) is 11.3 Å². The Morgan fingerprint density at radius 3 is 2.73 bits per heavy atom. The van der Waals surface area contributed by atoms with Gasteiger partial charge < -0.3 is 24.9 Å². The number of hydrogen-bond acceptors (Lipinski definition) is 6. The third-order valence-corrected chi connectivity index (χ3v) is 5.19. The maximum Gasteiger partial charge on any atom is 0.340 e. The lowest BCUT2D eigenvalue weighted by Gasteiger charge is -2.14. The second kappa shape index (κ2) is 9.36. The Morgan fingerprint density at radius 1 is 1.30 bits per heavy atom. The van der Waals surface area contributed by atoms with Crippen molar-refractivity contribution >= 4 is 39.8 Å². The normalized spacial score (nSPS) is 12.2. The highest BCUT2D eigenvalue weighted by Gasteiger charge is 2.21. The highest BCUT2D eigenvalue weighted by Crippen LogP contribution is 2.30. The van der Waals surface area contributed by atoms with Crippen molar-refractivity contribution in [2.45, 2.75) is 26.8 Å². The molecule has 30 heavy (non-hydrogen) atoms. The van der Waals surface area contributed by atoms with E-state index in [0.717, 1.165) is 17.6 Å². The second-order valence-corrected chi connectivity index (χ2v) is 7.22. The van der Waals surface area contributed by atoms with Crippen LogP contribution in [0.1, 0.15) is 29.4 Å². The zero-order chi connectivity index (χ0) is 21.8. The largest absolute Gasteiger partial charge is 0.595 e. The number of phenols is 1. The molecule has 1 aromatic heterocycles. The molecule has 1 atom stereocenters. The topological polar surface area (TPSA) is 111 Å². The van der Waals surface area contributed by atoms with E-state index in [2.05, 4.69) is 5.32 Å². The number of phenolic OH excluding ortho intramolecular Hbond substituents is 1. The maximum atomic E-state index is 12.4. The maximum absolute atomic E-state index is 12.4. The molecule has 0 radical (unpaired) electrons. The van der Waals surface area contributed by atoms with E-state index >= 15 is 0 Å². The lowest BCUT2D eigenvalue weighted by Crippen LogP contribution is -2.99. The van der Waals surface area contributed by atoms with Crippen molar-refractivity contribution in [1.82, 2.24) is 4.57 Å². The average molecular weight is 434 g/mol. The number of benzene rings is 2. The fraction of sp³-hybridized carbons (Fsp3) is 0.286. The average Bonchev–Trinajstić information content (AvgIpc) is 2.96. The van der Waals surface area contributed by atoms with E-state index in [1.165, 1.54) is 12.1 Å². The van der Waals surface area contributed by atoms with Crippen LogP contribution in [0.2, 0.25) is 5.02 Å². The van der Waals surface area contributed by atoms with Crippen LogP contribution in [-0.4, -0.2) is 34.0 Å². The zero-order valence-electron chi connectivity index (χ0n) is 16.7. The number of aromatic hydroxyl groups is 1. The van der Waals surface area contributed by atoms with Gasteiger partial charge in [-0.15, -0.1) is 0 Å². The minimum absolute atomic E-state index is 0.0892. The van der Waals surface area contributed by atoms with E-state index in [0.29, 0.717) is 34.7 Å². The Balaban J connectivity index is 1.75. The number of rotatable bonds is 8. The van der Waals surface area contributed by atoms with Crippen LogP contribution >= 0.6 is 11.6 Å². The van der Waals surface area contributed by atoms with Crippen LogP contribution < -0.4 is 10.5 Å². The summed E-state index contributed by atoms with van der Waals surface area (Å²) in [5.74, 6) is -0.320. The molecule has 1 heterocycles. The lowest BCUT2D eigenvalue weighted by molar-refractivity contribution is -0.991. The number of carbonyl (C=O) groups excluding carboxylic acids is 1. The predicted molar refractivity (Wildman–Crippen MR) is 115 cm³/mol. The Labute approximate surface area is 178 Å². The number of esters is 1. The Bertz CT molecular complexity index is 1060. The summed E-state index contributed by atoms with van der Waals surface area (Å²) in [6.07, 6.45) is 0.727. The van der Waals surface area contributed by atoms with Gasteiger partial charge in [0.1, 0.15) is 5.75 Å². The molecule has 0 aliphatic carbocycles. The number of hydrogen-bond donors (Lipinski definition) is 4. The first-order valence-electron chi connectivity index (χ1n) is 9.59. The standard InChI is InChI=1S/C21H24ClN3O5/c1-3-30-21(27)20-13(2)24(19-8-6-15(26)12-16(19)20)10-4-9-23-18-7-5-14(25(28)29)11-17(18)22/h5-8,11-12,23,25-26,28H,3-4,9-10H2,1-2H3. The zero-order valence-corrected chi connectivity index (χ0v) is 17.5. The minimum Gasteiger partial charge on any atom is -0.595 e. The molecule has 3 aromatic rings. The second-order valence-electron chi connectivity index (χ2n) is 6.81. The van der Waals surface area contributed by atoms with E-state index < -0.39 is 11.2 Å². The molecule has 8 nitrogen and oxygen atoms in total. The fourth-order valence-electron chi connectivity index (χ4n) is 3.47. The minimum atomic E-state index is -1.03. The van der Waals surface area contributed by atoms with Crippen LogP contribution in [0.5, 0.6) is 5.75 Å². The van der Waals surface area contributed by atoms with Crippen molar-refractivity contribution in [3.8, 4) is 5.75 Å².